The zero-order valence-electron chi connectivity index (χ0n) is 12.7. The number of anilines is 1. The summed E-state index contributed by atoms with van der Waals surface area (Å²) in [5, 5.41) is 11.1. The van der Waals surface area contributed by atoms with E-state index in [0.717, 1.165) is 32.5 Å². The fourth-order valence-corrected chi connectivity index (χ4v) is 3.25. The number of hydrogen-bond acceptors (Lipinski definition) is 5. The Bertz CT molecular complexity index is 612. The number of carbonyl (C=O) groups is 1. The smallest absolute Gasteiger partial charge is 0.230 e. The summed E-state index contributed by atoms with van der Waals surface area (Å²) < 4.78 is 0. The van der Waals surface area contributed by atoms with E-state index in [1.165, 1.54) is 22.5 Å². The van der Waals surface area contributed by atoms with E-state index in [4.69, 9.17) is 0 Å². The molecule has 0 aliphatic carbocycles. The molecule has 0 bridgehead atoms. The first-order valence-electron chi connectivity index (χ1n) is 7.55. The molecule has 2 aromatic rings. The van der Waals surface area contributed by atoms with Crippen LogP contribution in [0.1, 0.15) is 24.0 Å². The molecule has 2 heterocycles. The van der Waals surface area contributed by atoms with E-state index < -0.39 is 0 Å². The van der Waals surface area contributed by atoms with Crippen molar-refractivity contribution in [2.24, 2.45) is 5.92 Å². The van der Waals surface area contributed by atoms with Gasteiger partial charge >= 0.3 is 0 Å². The normalized spacial score (nSPS) is 19.0. The van der Waals surface area contributed by atoms with Crippen molar-refractivity contribution in [2.75, 3.05) is 18.4 Å². The third-order valence-corrected chi connectivity index (χ3v) is 4.60. The summed E-state index contributed by atoms with van der Waals surface area (Å²) >= 11 is 1.35. The molecule has 1 fully saturated rings. The van der Waals surface area contributed by atoms with E-state index in [-0.39, 0.29) is 11.8 Å². The van der Waals surface area contributed by atoms with Crippen molar-refractivity contribution in [2.45, 2.75) is 26.3 Å². The molecule has 3 rings (SSSR count). The molecule has 6 heteroatoms. The first kappa shape index (κ1) is 15.1. The number of piperidine rings is 1. The Morgan fingerprint density at radius 1 is 1.41 bits per heavy atom. The highest BCUT2D eigenvalue weighted by Gasteiger charge is 2.26. The third-order valence-electron chi connectivity index (χ3n) is 3.99. The van der Waals surface area contributed by atoms with Gasteiger partial charge in [0.2, 0.25) is 11.0 Å². The number of rotatable bonds is 4. The van der Waals surface area contributed by atoms with Gasteiger partial charge in [-0.3, -0.25) is 9.69 Å². The van der Waals surface area contributed by atoms with Crippen molar-refractivity contribution in [3.8, 4) is 0 Å². The van der Waals surface area contributed by atoms with Crippen molar-refractivity contribution >= 4 is 22.4 Å². The van der Waals surface area contributed by atoms with Gasteiger partial charge in [0, 0.05) is 13.1 Å². The highest BCUT2D eigenvalue weighted by molar-refractivity contribution is 7.13. The Labute approximate surface area is 134 Å². The van der Waals surface area contributed by atoms with Gasteiger partial charge in [-0.15, -0.1) is 10.2 Å². The largest absolute Gasteiger partial charge is 0.300 e. The van der Waals surface area contributed by atoms with Crippen LogP contribution in [-0.4, -0.2) is 34.1 Å². The van der Waals surface area contributed by atoms with Gasteiger partial charge in [0.15, 0.2) is 0 Å². The molecule has 22 heavy (non-hydrogen) atoms. The number of hydrogen-bond donors (Lipinski definition) is 1. The zero-order valence-corrected chi connectivity index (χ0v) is 13.5. The van der Waals surface area contributed by atoms with Crippen molar-refractivity contribution in [1.82, 2.24) is 15.1 Å². The van der Waals surface area contributed by atoms with E-state index >= 15 is 0 Å². The van der Waals surface area contributed by atoms with Gasteiger partial charge in [0.1, 0.15) is 5.51 Å². The number of amides is 1. The topological polar surface area (TPSA) is 58.1 Å². The van der Waals surface area contributed by atoms with Crippen LogP contribution < -0.4 is 5.32 Å². The summed E-state index contributed by atoms with van der Waals surface area (Å²) in [4.78, 5) is 14.7. The summed E-state index contributed by atoms with van der Waals surface area (Å²) in [5.41, 5.74) is 4.20. The molecule has 1 aliphatic heterocycles. The Hall–Kier alpha value is -1.79. The molecule has 1 N–H and O–H groups in total. The molecular formula is C16H20N4OS. The predicted octanol–water partition coefficient (Wildman–Crippen LogP) is 2.70. The van der Waals surface area contributed by atoms with Crippen LogP contribution in [0.25, 0.3) is 0 Å². The number of nitrogens with zero attached hydrogens (tertiary/aromatic N) is 3. The molecule has 0 saturated carbocycles. The standard InChI is InChI=1S/C16H20N4OS/c1-12-4-6-13(7-5-12)9-20-8-2-3-14(10-20)15(21)18-16-19-17-11-22-16/h4-7,11,14H,2-3,8-10H2,1H3,(H,18,19,21)/t14-/m0/s1. The minimum absolute atomic E-state index is 0.0306. The van der Waals surface area contributed by atoms with Gasteiger partial charge in [-0.25, -0.2) is 0 Å². The molecule has 1 amide bonds. The Morgan fingerprint density at radius 3 is 2.95 bits per heavy atom. The zero-order chi connectivity index (χ0) is 15.4. The second-order valence-electron chi connectivity index (χ2n) is 5.79. The SMILES string of the molecule is Cc1ccc(CN2CCC[C@H](C(=O)Nc3nncs3)C2)cc1. The van der Waals surface area contributed by atoms with E-state index in [9.17, 15) is 4.79 Å². The quantitative estimate of drug-likeness (QED) is 0.942. The monoisotopic (exact) mass is 316 g/mol. The van der Waals surface area contributed by atoms with Crippen LogP contribution in [0, 0.1) is 12.8 Å². The van der Waals surface area contributed by atoms with Gasteiger partial charge in [-0.1, -0.05) is 41.2 Å². The average molecular weight is 316 g/mol. The lowest BCUT2D eigenvalue weighted by Gasteiger charge is -2.31. The predicted molar refractivity (Wildman–Crippen MR) is 87.7 cm³/mol. The number of likely N-dealkylation sites (tertiary alicyclic amines) is 1. The number of aromatic nitrogens is 2. The summed E-state index contributed by atoms with van der Waals surface area (Å²) in [6.07, 6.45) is 2.00. The second-order valence-corrected chi connectivity index (χ2v) is 6.63. The minimum Gasteiger partial charge on any atom is -0.300 e. The Morgan fingerprint density at radius 2 is 2.23 bits per heavy atom. The number of benzene rings is 1. The molecule has 5 nitrogen and oxygen atoms in total. The van der Waals surface area contributed by atoms with Crippen LogP contribution >= 0.6 is 11.3 Å². The maximum absolute atomic E-state index is 12.3. The minimum atomic E-state index is 0.0306. The summed E-state index contributed by atoms with van der Waals surface area (Å²) in [6, 6.07) is 8.61. The molecule has 0 spiro atoms. The lowest BCUT2D eigenvalue weighted by atomic mass is 9.96. The molecule has 0 radical (unpaired) electrons. The molecule has 1 aromatic heterocycles. The molecular weight excluding hydrogens is 296 g/mol. The lowest BCUT2D eigenvalue weighted by Crippen LogP contribution is -2.40. The van der Waals surface area contributed by atoms with Crippen LogP contribution in [0.5, 0.6) is 0 Å². The van der Waals surface area contributed by atoms with Crippen molar-refractivity contribution in [3.63, 3.8) is 0 Å². The number of aryl methyl sites for hydroxylation is 1. The van der Waals surface area contributed by atoms with Crippen molar-refractivity contribution in [1.29, 1.82) is 0 Å². The second kappa shape index (κ2) is 6.98. The molecule has 116 valence electrons. The van der Waals surface area contributed by atoms with Gasteiger partial charge in [-0.2, -0.15) is 0 Å². The Balaban J connectivity index is 1.56. The Kier molecular flexibility index (Phi) is 4.80. The van der Waals surface area contributed by atoms with Crippen molar-refractivity contribution in [3.05, 3.63) is 40.9 Å². The van der Waals surface area contributed by atoms with Crippen LogP contribution in [0.3, 0.4) is 0 Å². The lowest BCUT2D eigenvalue weighted by molar-refractivity contribution is -0.121. The maximum atomic E-state index is 12.3. The van der Waals surface area contributed by atoms with Crippen LogP contribution in [0.2, 0.25) is 0 Å². The van der Waals surface area contributed by atoms with Gasteiger partial charge in [0.25, 0.3) is 0 Å². The van der Waals surface area contributed by atoms with E-state index in [2.05, 4.69) is 51.6 Å². The van der Waals surface area contributed by atoms with E-state index in [0.29, 0.717) is 5.13 Å². The van der Waals surface area contributed by atoms with Gasteiger partial charge < -0.3 is 5.32 Å². The van der Waals surface area contributed by atoms with E-state index in [1.807, 2.05) is 0 Å². The molecule has 1 atom stereocenters. The highest BCUT2D eigenvalue weighted by atomic mass is 32.1. The molecule has 0 unspecified atom stereocenters. The van der Waals surface area contributed by atoms with Crippen LogP contribution in [-0.2, 0) is 11.3 Å². The fraction of sp³-hybridized carbons (Fsp3) is 0.438. The van der Waals surface area contributed by atoms with Crippen LogP contribution in [0.15, 0.2) is 29.8 Å². The van der Waals surface area contributed by atoms with E-state index in [1.54, 1.807) is 5.51 Å². The third kappa shape index (κ3) is 3.90. The van der Waals surface area contributed by atoms with Gasteiger partial charge in [0.05, 0.1) is 5.92 Å². The first-order chi connectivity index (χ1) is 10.7. The fourth-order valence-electron chi connectivity index (χ4n) is 2.80. The first-order valence-corrected chi connectivity index (χ1v) is 8.43. The molecule has 1 aliphatic rings. The number of carbonyl (C=O) groups excluding carboxylic acids is 1. The highest BCUT2D eigenvalue weighted by Crippen LogP contribution is 2.21. The molecule has 1 saturated heterocycles. The summed E-state index contributed by atoms with van der Waals surface area (Å²) in [7, 11) is 0. The molecule has 1 aromatic carbocycles. The summed E-state index contributed by atoms with van der Waals surface area (Å²) in [6.45, 7) is 4.86. The summed E-state index contributed by atoms with van der Waals surface area (Å²) in [5.74, 6) is 0.0912. The average Bonchev–Trinajstić information content (AvgIpc) is 3.03. The van der Waals surface area contributed by atoms with Crippen LogP contribution in [0.4, 0.5) is 5.13 Å². The number of nitrogens with one attached hydrogen (secondary N) is 1. The van der Waals surface area contributed by atoms with Gasteiger partial charge in [-0.05, 0) is 31.9 Å². The van der Waals surface area contributed by atoms with Crippen molar-refractivity contribution < 1.29 is 4.79 Å². The maximum Gasteiger partial charge on any atom is 0.230 e.